The number of aromatic nitrogens is 18. The molecule has 6 amide bonds. The Bertz CT molecular complexity index is 8460. The molecule has 6 aliphatic rings. The Kier molecular flexibility index (Phi) is 19.3. The molecular weight excluding hydrogens is 1750 g/mol. The Balaban J connectivity index is 0.000000177. The van der Waals surface area contributed by atoms with Gasteiger partial charge in [-0.2, -0.15) is 0 Å². The summed E-state index contributed by atoms with van der Waals surface area (Å²) in [5.41, 5.74) is 2.27. The smallest absolute Gasteiger partial charge is 0.302 e. The number of amides is 6. The second kappa shape index (κ2) is 46.5. The van der Waals surface area contributed by atoms with Crippen LogP contribution in [0.15, 0.2) is 112 Å². The van der Waals surface area contributed by atoms with Gasteiger partial charge in [-0.1, -0.05) is 41.3 Å². The Morgan fingerprint density at radius 1 is 0.312 bits per heavy atom. The third kappa shape index (κ3) is 23.1. The zero-order valence-corrected chi connectivity index (χ0v) is 74.1. The van der Waals surface area contributed by atoms with Gasteiger partial charge in [0.1, 0.15) is 123 Å². The van der Waals surface area contributed by atoms with Crippen LogP contribution >= 0.6 is 0 Å². The number of rotatable bonds is 18. The van der Waals surface area contributed by atoms with Crippen molar-refractivity contribution in [1.29, 1.82) is 0 Å². The number of nitrogens with one attached hydrogen (secondary N) is 6. The molecule has 12 aromatic rings. The van der Waals surface area contributed by atoms with Gasteiger partial charge < -0.3 is 118 Å². The molecule has 0 saturated carbocycles. The number of likely N-dealkylation sites (tertiary alicyclic amines) is 6. The third-order valence-corrected chi connectivity index (χ3v) is 23.7. The average Bonchev–Trinajstić information content (AvgIpc) is 1.73. The molecule has 42 heteroatoms. The van der Waals surface area contributed by atoms with Crippen molar-refractivity contribution in [3.05, 3.63) is 180 Å². The number of likely N-dealkylation sites (N-methyl/N-ethyl adjacent to an activating group) is 6. The third-order valence-electron chi connectivity index (χ3n) is 23.7. The van der Waals surface area contributed by atoms with E-state index in [1.54, 1.807) is 62.9 Å². The number of carbonyl (C=O) groups excluding carboxylic acids is 6. The predicted molar refractivity (Wildman–Crippen MR) is 527 cm³/mol. The molecule has 6 N–H and O–H groups in total. The van der Waals surface area contributed by atoms with Crippen LogP contribution in [-0.4, -0.2) is 350 Å². The average molecular weight is 1920 g/mol. The van der Waals surface area contributed by atoms with Crippen molar-refractivity contribution in [3.63, 3.8) is 0 Å². The highest BCUT2D eigenvalue weighted by atomic mass is 16.2. The number of carbonyl (C=O) groups is 6. The highest BCUT2D eigenvalue weighted by Crippen LogP contribution is 2.37. The van der Waals surface area contributed by atoms with Gasteiger partial charge >= 0.3 is 35.4 Å². The number of H-pyrrole nitrogens is 6. The molecule has 12 atom stereocenters. The number of nitrogens with zero attached hydrogens (tertiary/aromatic N) is 30. The highest BCUT2D eigenvalue weighted by molar-refractivity contribution is 5.93. The van der Waals surface area contributed by atoms with E-state index in [2.05, 4.69) is 119 Å². The van der Waals surface area contributed by atoms with Crippen LogP contribution in [0.5, 0.6) is 0 Å². The number of hydrogen-bond donors (Lipinski definition) is 6. The molecule has 12 aromatic heterocycles. The van der Waals surface area contributed by atoms with Crippen molar-refractivity contribution in [2.45, 2.75) is 116 Å². The lowest BCUT2D eigenvalue weighted by Gasteiger charge is -2.41. The molecule has 0 radical (unpaired) electrons. The number of aromatic amines is 6. The summed E-state index contributed by atoms with van der Waals surface area (Å²) in [5, 5.41) is 2.30. The predicted octanol–water partition coefficient (Wildman–Crippen LogP) is 9.30. The fraction of sp³-hybridized carbons (Fsp3) is 0.500. The van der Waals surface area contributed by atoms with E-state index in [1.165, 1.54) is 53.3 Å². The van der Waals surface area contributed by atoms with Crippen LogP contribution in [0, 0.1) is 74.9 Å². The fourth-order valence-electron chi connectivity index (χ4n) is 16.1. The van der Waals surface area contributed by atoms with Crippen molar-refractivity contribution in [2.24, 2.45) is 35.5 Å². The van der Waals surface area contributed by atoms with E-state index in [0.717, 1.165) is 63.1 Å². The summed E-state index contributed by atoms with van der Waals surface area (Å²) in [6.45, 7) is 2.29. The van der Waals surface area contributed by atoms with Gasteiger partial charge in [-0.25, -0.2) is 99.2 Å². The lowest BCUT2D eigenvalue weighted by atomic mass is 9.92. The SMILES string of the molecule is [2H]C([2H])([N+]#[C-])C(=O)N1CC[C@@H](C([2H])([2H])[2H])[C@@H](N(c2ncnc3[nH]ccc23)C([2H])([2H])[2H])C1.[2H]C([2H])([N+]#[C-])C(=O)N1CC[C@@H](C([2H])([2H])[2H])[C@@]([2H])(N(c2ncnc3[nH]ccc23)C([2H])([2H])[2H])C1.[2H]C([2H])([N+]#[C-])C(=O)N1CC[C@@H](C)[C@@H](N(c2ncnc3[nH]ccc23)C([2H])([2H])[2H])C1.[2H]C([2H])([N+]#[C-])C(=O)N1CC[C@@H](C)[C@@]([2H])(N(c2ncnc3[nH]ccc23)C([2H])([2H])[2H])C1.[2H]C([2H])([N+]#[C-])C(=O)N1CC[C@@]([2H])(C([2H])([2H])[2H])[C@@H](N(c2ncnc3[nH]ccc23)C([2H])([2H])[2H])C1.[2H]C([2H])([N+]#[C-])C(=O)N1CC[C@@]([2H])(C)[C@@H](N(c2ncnc3[nH]ccc23)C([2H])([2H])[2H])C1. The molecular formula is C96H120N36O6. The van der Waals surface area contributed by atoms with Gasteiger partial charge in [-0.15, -0.1) is 0 Å². The van der Waals surface area contributed by atoms with Gasteiger partial charge in [0, 0.05) is 197 Å². The second-order valence-electron chi connectivity index (χ2n) is 31.8. The summed E-state index contributed by atoms with van der Waals surface area (Å²) in [6.07, 6.45) is 16.4. The number of anilines is 6. The first-order valence-electron chi connectivity index (χ1n) is 63.9. The summed E-state index contributed by atoms with van der Waals surface area (Å²) in [7, 11) is 0. The van der Waals surface area contributed by atoms with Crippen LogP contribution in [0.25, 0.3) is 95.3 Å². The maximum atomic E-state index is 12.6. The Hall–Kier alpha value is -15.7. The summed E-state index contributed by atoms with van der Waals surface area (Å²) in [6, 6.07) is 0.748. The minimum absolute atomic E-state index is 0.0106. The molecule has 6 fully saturated rings. The molecule has 6 aliphatic heterocycles. The lowest BCUT2D eigenvalue weighted by molar-refractivity contribution is -0.131. The molecule has 0 bridgehead atoms. The first kappa shape index (κ1) is 57.2. The van der Waals surface area contributed by atoms with E-state index < -0.39 is 222 Å². The quantitative estimate of drug-likeness (QED) is 0.0435. The molecule has 18 rings (SSSR count). The van der Waals surface area contributed by atoms with Crippen LogP contribution in [-0.2, 0) is 28.8 Å². The Morgan fingerprint density at radius 3 is 0.833 bits per heavy atom. The maximum absolute atomic E-state index is 12.6. The summed E-state index contributed by atoms with van der Waals surface area (Å²) in [5.74, 6) is -13.5. The zero-order chi connectivity index (χ0) is 135. The minimum atomic E-state index is -3.05. The molecule has 6 saturated heterocycles. The van der Waals surface area contributed by atoms with Gasteiger partial charge in [0.2, 0.25) is 0 Å². The summed E-state index contributed by atoms with van der Waals surface area (Å²) in [4.78, 5) is 169. The van der Waals surface area contributed by atoms with E-state index in [4.69, 9.17) is 98.4 Å². The van der Waals surface area contributed by atoms with Crippen molar-refractivity contribution in [3.8, 4) is 0 Å². The first-order valence-corrected chi connectivity index (χ1v) is 42.4. The van der Waals surface area contributed by atoms with Crippen LogP contribution in [0.4, 0.5) is 34.9 Å². The van der Waals surface area contributed by atoms with E-state index in [-0.39, 0.29) is 148 Å². The molecule has 138 heavy (non-hydrogen) atoms. The van der Waals surface area contributed by atoms with Gasteiger partial charge in [-0.05, 0) is 110 Å². The maximum Gasteiger partial charge on any atom is 0.302 e. The van der Waals surface area contributed by atoms with E-state index in [1.807, 2.05) is 6.92 Å². The van der Waals surface area contributed by atoms with Crippen LogP contribution in [0.2, 0.25) is 0 Å². The fourth-order valence-corrected chi connectivity index (χ4v) is 16.1. The van der Waals surface area contributed by atoms with Gasteiger partial charge in [0.15, 0.2) is 0 Å². The lowest BCUT2D eigenvalue weighted by Crippen LogP contribution is -2.53. The molecule has 42 nitrogen and oxygen atoms in total. The second-order valence-corrected chi connectivity index (χ2v) is 31.8. The Labute approximate surface area is 862 Å². The van der Waals surface area contributed by atoms with Crippen LogP contribution < -0.4 is 29.4 Å². The zero-order valence-electron chi connectivity index (χ0n) is 117. The van der Waals surface area contributed by atoms with Crippen molar-refractivity contribution in [1.82, 2.24) is 119 Å². The van der Waals surface area contributed by atoms with Crippen LogP contribution in [0.3, 0.4) is 0 Å². The summed E-state index contributed by atoms with van der Waals surface area (Å²) >= 11 is 0. The molecule has 0 spiro atoms. The molecule has 0 unspecified atom stereocenters. The van der Waals surface area contributed by atoms with Gasteiger partial charge in [-0.3, -0.25) is 28.8 Å². The van der Waals surface area contributed by atoms with Crippen molar-refractivity contribution in [2.75, 3.05) is 189 Å². The number of piperidine rings is 6. The number of hydrogen-bond acceptors (Lipinski definition) is 24. The highest BCUT2D eigenvalue weighted by Gasteiger charge is 2.41. The number of fused-ring (bicyclic) bond motifs is 6. The van der Waals surface area contributed by atoms with E-state index >= 15 is 0 Å². The molecule has 720 valence electrons. The minimum Gasteiger partial charge on any atom is -0.354 e. The van der Waals surface area contributed by atoms with Crippen LogP contribution in [0.1, 0.15) is 139 Å². The van der Waals surface area contributed by atoms with E-state index in [0.29, 0.717) is 61.1 Å². The monoisotopic (exact) mass is 1920 g/mol. The van der Waals surface area contributed by atoms with Crippen molar-refractivity contribution < 1.29 is 87.7 Å². The standard InChI is InChI=1S/6C16H20N6O/c6*1-11-5-7-22(14(23)8-17-2)9-13(11)21(3)16-12-4-6-18-15(12)19-10-20-16/h6*4,6,10-11,13H,5,7-9H2,1,3H3,(H,18,19,20)/t6*11-,13+/m111111/s1/i1D3,3D3,8D2,13D;1D3,3D3,8D2,11D;3D3,8D2,13D;3D3,8D2,11D;1D3,3D3,8D2;3D3,8D2. The van der Waals surface area contributed by atoms with Gasteiger partial charge in [0.25, 0.3) is 39.0 Å². The largest absolute Gasteiger partial charge is 0.354 e. The molecule has 18 heterocycles. The normalized spacial score (nSPS) is 29.4. The molecule has 0 aromatic carbocycles. The first-order chi connectivity index (χ1) is 83.4. The van der Waals surface area contributed by atoms with Crippen molar-refractivity contribution >= 4 is 137 Å². The molecule has 0 aliphatic carbocycles. The van der Waals surface area contributed by atoms with Gasteiger partial charge in [0.05, 0.1) is 71.3 Å². The summed E-state index contributed by atoms with van der Waals surface area (Å²) < 4.78 is 344. The topological polar surface area (TPSA) is 417 Å². The Morgan fingerprint density at radius 2 is 0.543 bits per heavy atom. The van der Waals surface area contributed by atoms with E-state index in [9.17, 15) is 28.8 Å².